The van der Waals surface area contributed by atoms with Gasteiger partial charge in [-0.2, -0.15) is 0 Å². The van der Waals surface area contributed by atoms with E-state index in [0.717, 1.165) is 0 Å². The predicted octanol–water partition coefficient (Wildman–Crippen LogP) is 1.56. The fourth-order valence-corrected chi connectivity index (χ4v) is 1.81. The summed E-state index contributed by atoms with van der Waals surface area (Å²) in [5.74, 6) is 1.59. The molecule has 82 valence electrons. The van der Waals surface area contributed by atoms with Gasteiger partial charge < -0.3 is 19.4 Å². The summed E-state index contributed by atoms with van der Waals surface area (Å²) in [7, 11) is 1.50. The van der Waals surface area contributed by atoms with Crippen molar-refractivity contribution >= 4 is 11.6 Å². The van der Waals surface area contributed by atoms with Crippen molar-refractivity contribution in [1.29, 1.82) is 0 Å². The Morgan fingerprint density at radius 1 is 1.60 bits per heavy atom. The number of rotatable bonds is 3. The topological polar surface area (TPSA) is 60.0 Å². The van der Waals surface area contributed by atoms with Crippen LogP contribution in [0.2, 0.25) is 5.02 Å². The van der Waals surface area contributed by atoms with Crippen LogP contribution in [0.1, 0.15) is 5.56 Å². The number of halogens is 1. The maximum Gasteiger partial charge on any atom is 0.231 e. The largest absolute Gasteiger partial charge is 0.495 e. The van der Waals surface area contributed by atoms with Gasteiger partial charge >= 0.3 is 0 Å². The van der Waals surface area contributed by atoms with Crippen LogP contribution in [0.25, 0.3) is 0 Å². The highest BCUT2D eigenvalue weighted by Gasteiger charge is 2.24. The molecule has 2 N–H and O–H groups in total. The van der Waals surface area contributed by atoms with Crippen LogP contribution >= 0.6 is 11.6 Å². The smallest absolute Gasteiger partial charge is 0.231 e. The minimum Gasteiger partial charge on any atom is -0.495 e. The van der Waals surface area contributed by atoms with Crippen LogP contribution in [0.4, 0.5) is 0 Å². The van der Waals surface area contributed by atoms with Crippen LogP contribution in [-0.4, -0.2) is 19.1 Å². The lowest BCUT2D eigenvalue weighted by molar-refractivity contribution is 0.154. The van der Waals surface area contributed by atoms with Crippen LogP contribution in [0.15, 0.2) is 6.07 Å². The summed E-state index contributed by atoms with van der Waals surface area (Å²) >= 11 is 5.98. The number of hydroxylamine groups is 1. The van der Waals surface area contributed by atoms with E-state index >= 15 is 0 Å². The average molecular weight is 232 g/mol. The predicted molar refractivity (Wildman–Crippen MR) is 52.8 cm³/mol. The van der Waals surface area contributed by atoms with E-state index in [2.05, 4.69) is 0 Å². The Morgan fingerprint density at radius 3 is 3.07 bits per heavy atom. The monoisotopic (exact) mass is 231 g/mol. The molecule has 15 heavy (non-hydrogen) atoms. The number of hydrogen-bond donors (Lipinski definition) is 2. The molecule has 5 nitrogen and oxygen atoms in total. The number of nitrogens with one attached hydrogen (secondary N) is 1. The number of fused-ring (bicyclic) bond motifs is 1. The molecule has 1 aromatic carbocycles. The highest BCUT2D eigenvalue weighted by Crippen LogP contribution is 2.45. The second-order valence-electron chi connectivity index (χ2n) is 2.94. The molecule has 0 aromatic heterocycles. The molecule has 1 aliphatic rings. The summed E-state index contributed by atoms with van der Waals surface area (Å²) in [5, 5.41) is 9.14. The third-order valence-corrected chi connectivity index (χ3v) is 2.41. The molecule has 0 fully saturated rings. The molecular formula is C9H10ClNO4. The van der Waals surface area contributed by atoms with E-state index in [4.69, 9.17) is 31.0 Å². The van der Waals surface area contributed by atoms with Gasteiger partial charge in [-0.25, -0.2) is 5.48 Å². The molecule has 1 aromatic rings. The van der Waals surface area contributed by atoms with Gasteiger partial charge in [0.1, 0.15) is 5.75 Å². The van der Waals surface area contributed by atoms with Gasteiger partial charge in [0.05, 0.1) is 24.2 Å². The molecule has 0 atom stereocenters. The maximum absolute atomic E-state index is 8.72. The summed E-state index contributed by atoms with van der Waals surface area (Å²) in [4.78, 5) is 0. The van der Waals surface area contributed by atoms with Gasteiger partial charge in [0, 0.05) is 6.07 Å². The second kappa shape index (κ2) is 4.14. The van der Waals surface area contributed by atoms with Crippen LogP contribution in [0, 0.1) is 0 Å². The molecule has 0 aliphatic carbocycles. The van der Waals surface area contributed by atoms with Crippen molar-refractivity contribution in [1.82, 2.24) is 5.48 Å². The summed E-state index contributed by atoms with van der Waals surface area (Å²) in [6.07, 6.45) is 0. The lowest BCUT2D eigenvalue weighted by Crippen LogP contribution is -2.08. The summed E-state index contributed by atoms with van der Waals surface area (Å²) < 4.78 is 15.6. The molecule has 1 heterocycles. The summed E-state index contributed by atoms with van der Waals surface area (Å²) in [6.45, 7) is 0.326. The number of methoxy groups -OCH3 is 1. The standard InChI is InChI=1S/C9H10ClNO4/c1-13-8-5(3-11-12)9-7(2-6(8)10)14-4-15-9/h2,11-12H,3-4H2,1H3. The lowest BCUT2D eigenvalue weighted by Gasteiger charge is -2.12. The van der Waals surface area contributed by atoms with Crippen molar-refractivity contribution in [3.8, 4) is 17.2 Å². The fraction of sp³-hybridized carbons (Fsp3) is 0.333. The van der Waals surface area contributed by atoms with Gasteiger partial charge in [0.2, 0.25) is 6.79 Å². The van der Waals surface area contributed by atoms with Gasteiger partial charge in [-0.3, -0.25) is 0 Å². The molecule has 0 bridgehead atoms. The van der Waals surface area contributed by atoms with Gasteiger partial charge in [-0.05, 0) is 0 Å². The van der Waals surface area contributed by atoms with Gasteiger partial charge in [-0.15, -0.1) is 0 Å². The SMILES string of the molecule is COc1c(Cl)cc2c(c1CNO)OCO2. The van der Waals surface area contributed by atoms with E-state index in [9.17, 15) is 0 Å². The zero-order valence-electron chi connectivity index (χ0n) is 8.04. The zero-order chi connectivity index (χ0) is 10.8. The summed E-state index contributed by atoms with van der Waals surface area (Å²) in [6, 6.07) is 1.63. The van der Waals surface area contributed by atoms with Crippen LogP contribution < -0.4 is 19.7 Å². The third-order valence-electron chi connectivity index (χ3n) is 2.12. The first kappa shape index (κ1) is 10.4. The highest BCUT2D eigenvalue weighted by atomic mass is 35.5. The van der Waals surface area contributed by atoms with Crippen LogP contribution in [0.5, 0.6) is 17.2 Å². The van der Waals surface area contributed by atoms with Crippen LogP contribution in [-0.2, 0) is 6.54 Å². The van der Waals surface area contributed by atoms with Crippen molar-refractivity contribution in [2.75, 3.05) is 13.9 Å². The highest BCUT2D eigenvalue weighted by molar-refractivity contribution is 6.32. The quantitative estimate of drug-likeness (QED) is 0.773. The van der Waals surface area contributed by atoms with Crippen LogP contribution in [0.3, 0.4) is 0 Å². The first-order valence-corrected chi connectivity index (χ1v) is 4.67. The molecule has 0 unspecified atom stereocenters. The maximum atomic E-state index is 8.72. The van der Waals surface area contributed by atoms with E-state index in [1.54, 1.807) is 6.07 Å². The van der Waals surface area contributed by atoms with Crippen molar-refractivity contribution in [3.05, 3.63) is 16.7 Å². The van der Waals surface area contributed by atoms with E-state index < -0.39 is 0 Å². The summed E-state index contributed by atoms with van der Waals surface area (Å²) in [5.41, 5.74) is 2.68. The lowest BCUT2D eigenvalue weighted by atomic mass is 10.1. The average Bonchev–Trinajstić information content (AvgIpc) is 2.66. The fourth-order valence-electron chi connectivity index (χ4n) is 1.52. The van der Waals surface area contributed by atoms with Crippen molar-refractivity contribution in [2.45, 2.75) is 6.54 Å². The molecular weight excluding hydrogens is 222 g/mol. The van der Waals surface area contributed by atoms with Gasteiger partial charge in [0.25, 0.3) is 0 Å². The molecule has 0 saturated heterocycles. The van der Waals surface area contributed by atoms with Crippen molar-refractivity contribution in [3.63, 3.8) is 0 Å². The number of benzene rings is 1. The van der Waals surface area contributed by atoms with E-state index in [1.807, 2.05) is 5.48 Å². The Morgan fingerprint density at radius 2 is 2.40 bits per heavy atom. The molecule has 0 spiro atoms. The molecule has 6 heteroatoms. The Kier molecular flexibility index (Phi) is 2.86. The molecule has 0 amide bonds. The Balaban J connectivity index is 2.55. The zero-order valence-corrected chi connectivity index (χ0v) is 8.80. The Bertz CT molecular complexity index is 379. The Labute approximate surface area is 91.5 Å². The molecule has 0 radical (unpaired) electrons. The van der Waals surface area contributed by atoms with Crippen molar-refractivity contribution in [2.24, 2.45) is 0 Å². The van der Waals surface area contributed by atoms with Gasteiger partial charge in [-0.1, -0.05) is 11.6 Å². The second-order valence-corrected chi connectivity index (χ2v) is 3.35. The van der Waals surface area contributed by atoms with E-state index in [0.29, 0.717) is 27.8 Å². The molecule has 0 saturated carbocycles. The number of ether oxygens (including phenoxy) is 3. The van der Waals surface area contributed by atoms with Crippen molar-refractivity contribution < 1.29 is 19.4 Å². The molecule has 1 aliphatic heterocycles. The normalized spacial score (nSPS) is 13.0. The first-order chi connectivity index (χ1) is 7.27. The minimum absolute atomic E-state index is 0.150. The van der Waals surface area contributed by atoms with E-state index in [1.165, 1.54) is 7.11 Å². The number of hydrogen-bond acceptors (Lipinski definition) is 5. The minimum atomic E-state index is 0.150. The van der Waals surface area contributed by atoms with E-state index in [-0.39, 0.29) is 13.3 Å². The van der Waals surface area contributed by atoms with Gasteiger partial charge in [0.15, 0.2) is 11.5 Å². The first-order valence-electron chi connectivity index (χ1n) is 4.30. The Hall–Kier alpha value is -1.17. The third kappa shape index (κ3) is 1.69. The molecule has 2 rings (SSSR count).